The zero-order chi connectivity index (χ0) is 18.4. The van der Waals surface area contributed by atoms with Crippen LogP contribution in [0.15, 0.2) is 45.9 Å². The summed E-state index contributed by atoms with van der Waals surface area (Å²) in [5.41, 5.74) is 0.814. The molecule has 0 fully saturated rings. The highest BCUT2D eigenvalue weighted by Crippen LogP contribution is 2.20. The molecule has 0 saturated heterocycles. The fourth-order valence-electron chi connectivity index (χ4n) is 2.30. The van der Waals surface area contributed by atoms with Crippen LogP contribution in [0.4, 0.5) is 0 Å². The highest BCUT2D eigenvalue weighted by molar-refractivity contribution is 7.11. The van der Waals surface area contributed by atoms with Crippen molar-refractivity contribution in [3.8, 4) is 11.4 Å². The Morgan fingerprint density at radius 3 is 2.88 bits per heavy atom. The van der Waals surface area contributed by atoms with Crippen molar-refractivity contribution in [2.24, 2.45) is 4.99 Å². The van der Waals surface area contributed by atoms with E-state index in [1.54, 1.807) is 23.5 Å². The Labute approximate surface area is 161 Å². The van der Waals surface area contributed by atoms with Gasteiger partial charge in [-0.05, 0) is 38.1 Å². The minimum Gasteiger partial charge on any atom is -0.357 e. The molecular formula is C18H20ClN5OS. The van der Waals surface area contributed by atoms with Gasteiger partial charge in [0.05, 0.1) is 6.54 Å². The van der Waals surface area contributed by atoms with E-state index in [2.05, 4.69) is 44.8 Å². The van der Waals surface area contributed by atoms with Gasteiger partial charge >= 0.3 is 0 Å². The minimum atomic E-state index is 0.298. The zero-order valence-electron chi connectivity index (χ0n) is 14.6. The molecule has 0 atom stereocenters. The summed E-state index contributed by atoms with van der Waals surface area (Å²) < 4.78 is 5.29. The minimum absolute atomic E-state index is 0.298. The molecule has 0 bridgehead atoms. The van der Waals surface area contributed by atoms with Crippen molar-refractivity contribution in [2.75, 3.05) is 6.54 Å². The van der Waals surface area contributed by atoms with Gasteiger partial charge in [0.15, 0.2) is 5.96 Å². The molecule has 0 spiro atoms. The Morgan fingerprint density at radius 2 is 2.15 bits per heavy atom. The second-order valence-electron chi connectivity index (χ2n) is 5.58. The first kappa shape index (κ1) is 18.4. The number of aliphatic imine (C=N–C) groups is 1. The SMILES string of the molecule is CCNC(=NCc1nc(-c2cccc(Cl)c2)no1)NCc1ccc(C)s1. The number of hydrogen-bond donors (Lipinski definition) is 2. The molecule has 0 unspecified atom stereocenters. The Hall–Kier alpha value is -2.38. The summed E-state index contributed by atoms with van der Waals surface area (Å²) in [5.74, 6) is 1.66. The predicted molar refractivity (Wildman–Crippen MR) is 105 cm³/mol. The Morgan fingerprint density at radius 1 is 1.27 bits per heavy atom. The topological polar surface area (TPSA) is 75.3 Å². The number of nitrogens with one attached hydrogen (secondary N) is 2. The van der Waals surface area contributed by atoms with Gasteiger partial charge in [0.25, 0.3) is 0 Å². The van der Waals surface area contributed by atoms with E-state index in [0.29, 0.717) is 29.2 Å². The molecule has 0 aliphatic heterocycles. The van der Waals surface area contributed by atoms with E-state index < -0.39 is 0 Å². The summed E-state index contributed by atoms with van der Waals surface area (Å²) in [4.78, 5) is 11.4. The van der Waals surface area contributed by atoms with Crippen LogP contribution < -0.4 is 10.6 Å². The summed E-state index contributed by atoms with van der Waals surface area (Å²) in [6.45, 7) is 5.91. The van der Waals surface area contributed by atoms with Gasteiger partial charge in [0, 0.05) is 26.9 Å². The number of hydrogen-bond acceptors (Lipinski definition) is 5. The van der Waals surface area contributed by atoms with Crippen LogP contribution in [0.3, 0.4) is 0 Å². The Kier molecular flexibility index (Phi) is 6.25. The molecule has 0 amide bonds. The van der Waals surface area contributed by atoms with Gasteiger partial charge in [0.2, 0.25) is 11.7 Å². The first-order chi connectivity index (χ1) is 12.6. The van der Waals surface area contributed by atoms with Crippen LogP contribution in [0.1, 0.15) is 22.6 Å². The maximum atomic E-state index is 6.00. The third-order valence-electron chi connectivity index (χ3n) is 3.49. The maximum absolute atomic E-state index is 6.00. The van der Waals surface area contributed by atoms with Gasteiger partial charge in [-0.1, -0.05) is 28.9 Å². The van der Waals surface area contributed by atoms with Crippen LogP contribution in [-0.4, -0.2) is 22.6 Å². The molecular weight excluding hydrogens is 370 g/mol. The van der Waals surface area contributed by atoms with E-state index in [1.807, 2.05) is 19.1 Å². The predicted octanol–water partition coefficient (Wildman–Crippen LogP) is 4.02. The van der Waals surface area contributed by atoms with Crippen LogP contribution in [0.2, 0.25) is 5.02 Å². The van der Waals surface area contributed by atoms with Crippen molar-refractivity contribution in [1.82, 2.24) is 20.8 Å². The number of aryl methyl sites for hydroxylation is 1. The first-order valence-corrected chi connectivity index (χ1v) is 9.49. The fourth-order valence-corrected chi connectivity index (χ4v) is 3.32. The Balaban J connectivity index is 1.64. The second-order valence-corrected chi connectivity index (χ2v) is 7.39. The molecule has 8 heteroatoms. The molecule has 2 aromatic heterocycles. The smallest absolute Gasteiger partial charge is 0.248 e. The van der Waals surface area contributed by atoms with Gasteiger partial charge in [-0.2, -0.15) is 4.98 Å². The number of guanidine groups is 1. The average Bonchev–Trinajstić information content (AvgIpc) is 3.26. The molecule has 0 aliphatic carbocycles. The zero-order valence-corrected chi connectivity index (χ0v) is 16.2. The average molecular weight is 390 g/mol. The molecule has 1 aromatic carbocycles. The van der Waals surface area contributed by atoms with Gasteiger partial charge in [-0.25, -0.2) is 4.99 Å². The van der Waals surface area contributed by atoms with Crippen LogP contribution in [0.25, 0.3) is 11.4 Å². The number of aromatic nitrogens is 2. The van der Waals surface area contributed by atoms with E-state index >= 15 is 0 Å². The van der Waals surface area contributed by atoms with Crippen molar-refractivity contribution >= 4 is 28.9 Å². The molecule has 0 saturated carbocycles. The van der Waals surface area contributed by atoms with E-state index in [9.17, 15) is 0 Å². The van der Waals surface area contributed by atoms with Crippen molar-refractivity contribution in [3.63, 3.8) is 0 Å². The maximum Gasteiger partial charge on any atom is 0.248 e. The molecule has 3 aromatic rings. The lowest BCUT2D eigenvalue weighted by Gasteiger charge is -2.09. The van der Waals surface area contributed by atoms with Crippen LogP contribution >= 0.6 is 22.9 Å². The molecule has 0 aliphatic rings. The van der Waals surface area contributed by atoms with E-state index in [4.69, 9.17) is 16.1 Å². The van der Waals surface area contributed by atoms with Crippen LogP contribution in [0.5, 0.6) is 0 Å². The molecule has 2 heterocycles. The molecule has 2 N–H and O–H groups in total. The Bertz CT molecular complexity index is 889. The number of halogens is 1. The first-order valence-electron chi connectivity index (χ1n) is 8.30. The molecule has 6 nitrogen and oxygen atoms in total. The van der Waals surface area contributed by atoms with E-state index in [1.165, 1.54) is 9.75 Å². The van der Waals surface area contributed by atoms with Gasteiger partial charge in [-0.3, -0.25) is 0 Å². The number of rotatable bonds is 6. The largest absolute Gasteiger partial charge is 0.357 e. The highest BCUT2D eigenvalue weighted by atomic mass is 35.5. The summed E-state index contributed by atoms with van der Waals surface area (Å²) in [6.07, 6.45) is 0. The third-order valence-corrected chi connectivity index (χ3v) is 4.73. The van der Waals surface area contributed by atoms with Gasteiger partial charge < -0.3 is 15.2 Å². The number of nitrogens with zero attached hydrogens (tertiary/aromatic N) is 3. The second kappa shape index (κ2) is 8.82. The lowest BCUT2D eigenvalue weighted by molar-refractivity contribution is 0.380. The van der Waals surface area contributed by atoms with Crippen molar-refractivity contribution in [3.05, 3.63) is 57.1 Å². The summed E-state index contributed by atoms with van der Waals surface area (Å²) in [7, 11) is 0. The fraction of sp³-hybridized carbons (Fsp3) is 0.278. The highest BCUT2D eigenvalue weighted by Gasteiger charge is 2.09. The van der Waals surface area contributed by atoms with Crippen LogP contribution in [-0.2, 0) is 13.1 Å². The van der Waals surface area contributed by atoms with E-state index in [-0.39, 0.29) is 0 Å². The van der Waals surface area contributed by atoms with Gasteiger partial charge in [0.1, 0.15) is 6.54 Å². The van der Waals surface area contributed by atoms with Gasteiger partial charge in [-0.15, -0.1) is 11.3 Å². The summed E-state index contributed by atoms with van der Waals surface area (Å²) in [5, 5.41) is 11.1. The van der Waals surface area contributed by atoms with Crippen molar-refractivity contribution < 1.29 is 4.52 Å². The quantitative estimate of drug-likeness (QED) is 0.492. The number of benzene rings is 1. The normalized spacial score (nSPS) is 11.6. The van der Waals surface area contributed by atoms with E-state index in [0.717, 1.165) is 18.7 Å². The van der Waals surface area contributed by atoms with Crippen molar-refractivity contribution in [2.45, 2.75) is 26.9 Å². The third kappa shape index (κ3) is 5.06. The molecule has 26 heavy (non-hydrogen) atoms. The molecule has 3 rings (SSSR count). The molecule has 0 radical (unpaired) electrons. The summed E-state index contributed by atoms with van der Waals surface area (Å²) >= 11 is 7.77. The lowest BCUT2D eigenvalue weighted by Crippen LogP contribution is -2.36. The van der Waals surface area contributed by atoms with Crippen LogP contribution in [0, 0.1) is 6.92 Å². The standard InChI is InChI=1S/C18H20ClN5OS/c1-3-20-18(21-10-15-8-7-12(2)26-15)22-11-16-23-17(24-25-16)13-5-4-6-14(19)9-13/h4-9H,3,10-11H2,1-2H3,(H2,20,21,22). The number of thiophene rings is 1. The monoisotopic (exact) mass is 389 g/mol. The summed E-state index contributed by atoms with van der Waals surface area (Å²) in [6, 6.07) is 11.6. The van der Waals surface area contributed by atoms with Crippen molar-refractivity contribution in [1.29, 1.82) is 0 Å². The lowest BCUT2D eigenvalue weighted by atomic mass is 10.2. The molecule has 136 valence electrons.